The largest absolute Gasteiger partial charge is 0.461 e. The minimum Gasteiger partial charge on any atom is -0.461 e. The first-order valence-electron chi connectivity index (χ1n) is 5.11. The third-order valence-electron chi connectivity index (χ3n) is 2.20. The SMILES string of the molecule is CCOC(=O)c1nnc(N2CC(O)CC2=O)s1. The van der Waals surface area contributed by atoms with Crippen molar-refractivity contribution in [1.29, 1.82) is 0 Å². The van der Waals surface area contributed by atoms with Gasteiger partial charge in [0.25, 0.3) is 0 Å². The van der Waals surface area contributed by atoms with E-state index in [1.165, 1.54) is 4.90 Å². The van der Waals surface area contributed by atoms with Crippen LogP contribution in [0.1, 0.15) is 23.1 Å². The van der Waals surface area contributed by atoms with Gasteiger partial charge in [-0.15, -0.1) is 10.2 Å². The first-order valence-corrected chi connectivity index (χ1v) is 5.92. The Hall–Kier alpha value is -1.54. The Morgan fingerprint density at radius 3 is 3.00 bits per heavy atom. The number of aliphatic hydroxyl groups is 1. The molecule has 92 valence electrons. The molecule has 1 N–H and O–H groups in total. The number of anilines is 1. The van der Waals surface area contributed by atoms with Crippen LogP contribution in [-0.4, -0.2) is 46.4 Å². The average Bonchev–Trinajstić information content (AvgIpc) is 2.85. The number of esters is 1. The summed E-state index contributed by atoms with van der Waals surface area (Å²) in [5, 5.41) is 17.2. The number of aliphatic hydroxyl groups excluding tert-OH is 1. The Morgan fingerprint density at radius 2 is 2.41 bits per heavy atom. The van der Waals surface area contributed by atoms with Gasteiger partial charge in [0, 0.05) is 0 Å². The summed E-state index contributed by atoms with van der Waals surface area (Å²) in [5.41, 5.74) is 0. The van der Waals surface area contributed by atoms with Gasteiger partial charge in [-0.25, -0.2) is 4.79 Å². The molecule has 1 aromatic heterocycles. The normalized spacial score (nSPS) is 19.8. The van der Waals surface area contributed by atoms with Gasteiger partial charge < -0.3 is 9.84 Å². The van der Waals surface area contributed by atoms with Gasteiger partial charge in [0.1, 0.15) is 0 Å². The Morgan fingerprint density at radius 1 is 1.65 bits per heavy atom. The average molecular weight is 257 g/mol. The van der Waals surface area contributed by atoms with E-state index in [1.807, 2.05) is 0 Å². The predicted molar refractivity (Wildman–Crippen MR) is 58.8 cm³/mol. The summed E-state index contributed by atoms with van der Waals surface area (Å²) in [6.07, 6.45) is -0.605. The van der Waals surface area contributed by atoms with Gasteiger partial charge in [-0.05, 0) is 6.92 Å². The van der Waals surface area contributed by atoms with Crippen LogP contribution >= 0.6 is 11.3 Å². The molecule has 0 radical (unpaired) electrons. The van der Waals surface area contributed by atoms with Gasteiger partial charge in [0.2, 0.25) is 16.0 Å². The summed E-state index contributed by atoms with van der Waals surface area (Å²) in [4.78, 5) is 24.2. The van der Waals surface area contributed by atoms with Crippen molar-refractivity contribution in [3.05, 3.63) is 5.01 Å². The van der Waals surface area contributed by atoms with E-state index in [2.05, 4.69) is 10.2 Å². The molecule has 1 aliphatic rings. The lowest BCUT2D eigenvalue weighted by molar-refractivity contribution is -0.117. The number of amides is 1. The highest BCUT2D eigenvalue weighted by Crippen LogP contribution is 2.25. The summed E-state index contributed by atoms with van der Waals surface area (Å²) in [6, 6.07) is 0. The first kappa shape index (κ1) is 11.9. The maximum absolute atomic E-state index is 11.5. The predicted octanol–water partition coefficient (Wildman–Crippen LogP) is -0.188. The molecule has 2 rings (SSSR count). The van der Waals surface area contributed by atoms with Crippen LogP contribution in [0.5, 0.6) is 0 Å². The molecule has 2 heterocycles. The van der Waals surface area contributed by atoms with Crippen LogP contribution in [0.2, 0.25) is 0 Å². The van der Waals surface area contributed by atoms with E-state index in [9.17, 15) is 14.7 Å². The molecule has 1 atom stereocenters. The number of nitrogens with zero attached hydrogens (tertiary/aromatic N) is 3. The highest BCUT2D eigenvalue weighted by Gasteiger charge is 2.32. The molecule has 1 saturated heterocycles. The second-order valence-electron chi connectivity index (χ2n) is 3.47. The summed E-state index contributed by atoms with van der Waals surface area (Å²) >= 11 is 0.981. The Labute approximate surface area is 101 Å². The standard InChI is InChI=1S/C9H11N3O4S/c1-2-16-8(15)7-10-11-9(17-7)12-4-5(13)3-6(12)14/h5,13H,2-4H2,1H3. The van der Waals surface area contributed by atoms with Gasteiger partial charge in [0.05, 0.1) is 25.7 Å². The molecule has 0 aromatic carbocycles. The number of hydrogen-bond donors (Lipinski definition) is 1. The molecule has 7 nitrogen and oxygen atoms in total. The summed E-state index contributed by atoms with van der Waals surface area (Å²) in [7, 11) is 0. The molecule has 8 heteroatoms. The van der Waals surface area contributed by atoms with Crippen molar-refractivity contribution >= 4 is 28.3 Å². The van der Waals surface area contributed by atoms with Crippen molar-refractivity contribution in [1.82, 2.24) is 10.2 Å². The molecule has 1 aliphatic heterocycles. The zero-order valence-electron chi connectivity index (χ0n) is 9.12. The quantitative estimate of drug-likeness (QED) is 0.755. The second kappa shape index (κ2) is 4.76. The van der Waals surface area contributed by atoms with Gasteiger partial charge in [-0.1, -0.05) is 11.3 Å². The molecule has 0 saturated carbocycles. The fourth-order valence-electron chi connectivity index (χ4n) is 1.47. The summed E-state index contributed by atoms with van der Waals surface area (Å²) in [5.74, 6) is -0.771. The second-order valence-corrected chi connectivity index (χ2v) is 4.43. The fraction of sp³-hybridized carbons (Fsp3) is 0.556. The van der Waals surface area contributed by atoms with Gasteiger partial charge in [-0.3, -0.25) is 9.69 Å². The van der Waals surface area contributed by atoms with E-state index >= 15 is 0 Å². The molecule has 0 aliphatic carbocycles. The van der Waals surface area contributed by atoms with Crippen LogP contribution in [0.3, 0.4) is 0 Å². The van der Waals surface area contributed by atoms with Crippen LogP contribution in [0.15, 0.2) is 0 Å². The van der Waals surface area contributed by atoms with E-state index in [-0.39, 0.29) is 30.5 Å². The van der Waals surface area contributed by atoms with E-state index in [0.29, 0.717) is 5.13 Å². The zero-order chi connectivity index (χ0) is 12.4. The molecule has 0 spiro atoms. The Bertz CT molecular complexity index is 447. The van der Waals surface area contributed by atoms with E-state index in [1.54, 1.807) is 6.92 Å². The smallest absolute Gasteiger partial charge is 0.369 e. The monoisotopic (exact) mass is 257 g/mol. The van der Waals surface area contributed by atoms with Gasteiger partial charge >= 0.3 is 5.97 Å². The number of carbonyl (C=O) groups excluding carboxylic acids is 2. The highest BCUT2D eigenvalue weighted by molar-refractivity contribution is 7.17. The summed E-state index contributed by atoms with van der Waals surface area (Å²) < 4.78 is 4.77. The van der Waals surface area contributed by atoms with Crippen molar-refractivity contribution in [2.75, 3.05) is 18.1 Å². The van der Waals surface area contributed by atoms with Gasteiger partial charge in [0.15, 0.2) is 0 Å². The van der Waals surface area contributed by atoms with Crippen LogP contribution in [0, 0.1) is 0 Å². The lowest BCUT2D eigenvalue weighted by Crippen LogP contribution is -2.24. The molecule has 1 aromatic rings. The lowest BCUT2D eigenvalue weighted by Gasteiger charge is -2.09. The Balaban J connectivity index is 2.13. The van der Waals surface area contributed by atoms with Crippen molar-refractivity contribution in [3.8, 4) is 0 Å². The molecule has 1 fully saturated rings. The van der Waals surface area contributed by atoms with Crippen molar-refractivity contribution in [2.45, 2.75) is 19.4 Å². The van der Waals surface area contributed by atoms with E-state index in [0.717, 1.165) is 11.3 Å². The molecule has 17 heavy (non-hydrogen) atoms. The maximum atomic E-state index is 11.5. The number of aromatic nitrogens is 2. The van der Waals surface area contributed by atoms with Crippen molar-refractivity contribution in [2.24, 2.45) is 0 Å². The minimum absolute atomic E-state index is 0.0777. The van der Waals surface area contributed by atoms with Crippen LogP contribution in [0.25, 0.3) is 0 Å². The number of rotatable bonds is 3. The molecule has 0 bridgehead atoms. The molecular weight excluding hydrogens is 246 g/mol. The van der Waals surface area contributed by atoms with Crippen molar-refractivity contribution in [3.63, 3.8) is 0 Å². The topological polar surface area (TPSA) is 92.6 Å². The molecular formula is C9H11N3O4S. The van der Waals surface area contributed by atoms with E-state index < -0.39 is 12.1 Å². The van der Waals surface area contributed by atoms with Crippen LogP contribution < -0.4 is 4.90 Å². The number of carbonyl (C=O) groups is 2. The fourth-order valence-corrected chi connectivity index (χ4v) is 2.24. The third-order valence-corrected chi connectivity index (χ3v) is 3.13. The minimum atomic E-state index is -0.683. The zero-order valence-corrected chi connectivity index (χ0v) is 9.94. The van der Waals surface area contributed by atoms with Crippen LogP contribution in [-0.2, 0) is 9.53 Å². The third kappa shape index (κ3) is 2.42. The maximum Gasteiger partial charge on any atom is 0.369 e. The first-order chi connectivity index (χ1) is 8.11. The van der Waals surface area contributed by atoms with Gasteiger partial charge in [-0.2, -0.15) is 0 Å². The number of ether oxygens (including phenoxy) is 1. The van der Waals surface area contributed by atoms with Crippen LogP contribution in [0.4, 0.5) is 5.13 Å². The highest BCUT2D eigenvalue weighted by atomic mass is 32.1. The molecule has 1 unspecified atom stereocenters. The van der Waals surface area contributed by atoms with Crippen molar-refractivity contribution < 1.29 is 19.4 Å². The number of β-amino-alcohol motifs (C(OH)–C–C–N with tert-alkyl or cyclic N) is 1. The van der Waals surface area contributed by atoms with E-state index in [4.69, 9.17) is 4.74 Å². The molecule has 1 amide bonds. The summed E-state index contributed by atoms with van der Waals surface area (Å²) in [6.45, 7) is 2.14. The Kier molecular flexibility index (Phi) is 3.34. The lowest BCUT2D eigenvalue weighted by atomic mass is 10.3. The number of hydrogen-bond acceptors (Lipinski definition) is 7.